The van der Waals surface area contributed by atoms with E-state index in [2.05, 4.69) is 0 Å². The number of rotatable bonds is 4. The highest BCUT2D eigenvalue weighted by Crippen LogP contribution is 2.48. The number of halogens is 4. The number of carboxylic acids is 1. The second-order valence-corrected chi connectivity index (χ2v) is 8.84. The standard InChI is InChI=1S/C26H19ClF3NO4/c27-15-10-21-24(22(32)11-15)23(17-3-1-14(26(33)34)9-19(17)29)25(13-5-7-35-8-6-13)31(21)16-2-4-18(28)20(30)12-16/h1-4,9-13,32H,5-8H2,(H,33,34). The number of hydrogen-bond donors (Lipinski definition) is 2. The van der Waals surface area contributed by atoms with Crippen molar-refractivity contribution in [2.45, 2.75) is 18.8 Å². The molecular formula is C26H19ClF3NO4. The van der Waals surface area contributed by atoms with Gasteiger partial charge in [-0.25, -0.2) is 18.0 Å². The number of benzene rings is 3. The first-order valence-corrected chi connectivity index (χ1v) is 11.3. The van der Waals surface area contributed by atoms with Gasteiger partial charge in [-0.1, -0.05) is 17.7 Å². The summed E-state index contributed by atoms with van der Waals surface area (Å²) >= 11 is 6.25. The third-order valence-electron chi connectivity index (χ3n) is 6.30. The number of aromatic nitrogens is 1. The monoisotopic (exact) mass is 501 g/mol. The van der Waals surface area contributed by atoms with Crippen LogP contribution in [0.2, 0.25) is 5.02 Å². The second-order valence-electron chi connectivity index (χ2n) is 8.40. The second kappa shape index (κ2) is 8.94. The Balaban J connectivity index is 1.92. The van der Waals surface area contributed by atoms with E-state index in [0.29, 0.717) is 42.8 Å². The first kappa shape index (κ1) is 23.3. The Kier molecular flexibility index (Phi) is 5.94. The normalized spacial score (nSPS) is 14.5. The lowest BCUT2D eigenvalue weighted by atomic mass is 9.89. The molecule has 0 saturated carbocycles. The van der Waals surface area contributed by atoms with E-state index in [1.54, 1.807) is 10.6 Å². The predicted molar refractivity (Wildman–Crippen MR) is 125 cm³/mol. The van der Waals surface area contributed by atoms with Gasteiger partial charge >= 0.3 is 5.97 Å². The molecule has 1 saturated heterocycles. The van der Waals surface area contributed by atoms with E-state index in [1.807, 2.05) is 0 Å². The van der Waals surface area contributed by atoms with Crippen molar-refractivity contribution in [3.63, 3.8) is 0 Å². The number of aromatic hydroxyl groups is 1. The van der Waals surface area contributed by atoms with Crippen LogP contribution in [-0.2, 0) is 4.74 Å². The molecule has 0 aliphatic carbocycles. The molecular weight excluding hydrogens is 483 g/mol. The van der Waals surface area contributed by atoms with Gasteiger partial charge in [-0.3, -0.25) is 0 Å². The maximum absolute atomic E-state index is 15.4. The molecule has 3 aromatic carbocycles. The Morgan fingerprint density at radius 1 is 0.971 bits per heavy atom. The Labute approximate surface area is 202 Å². The molecule has 9 heteroatoms. The van der Waals surface area contributed by atoms with Crippen LogP contribution in [-0.4, -0.2) is 34.0 Å². The fourth-order valence-corrected chi connectivity index (χ4v) is 4.97. The van der Waals surface area contributed by atoms with Crippen molar-refractivity contribution in [3.8, 4) is 22.6 Å². The molecule has 0 atom stereocenters. The third kappa shape index (κ3) is 4.02. The molecule has 0 bridgehead atoms. The number of carboxylic acid groups (broad SMARTS) is 1. The molecule has 0 spiro atoms. The number of phenols is 1. The lowest BCUT2D eigenvalue weighted by molar-refractivity contribution is 0.0696. The van der Waals surface area contributed by atoms with Crippen LogP contribution in [0.1, 0.15) is 34.8 Å². The number of aromatic carboxylic acids is 1. The predicted octanol–water partition coefficient (Wildman–Crippen LogP) is 6.67. The fourth-order valence-electron chi connectivity index (χ4n) is 4.76. The summed E-state index contributed by atoms with van der Waals surface area (Å²) in [6, 6.07) is 9.85. The summed E-state index contributed by atoms with van der Waals surface area (Å²) in [6.07, 6.45) is 1.13. The lowest BCUT2D eigenvalue weighted by Gasteiger charge is -2.26. The van der Waals surface area contributed by atoms with Crippen LogP contribution in [0.15, 0.2) is 48.5 Å². The maximum atomic E-state index is 15.4. The van der Waals surface area contributed by atoms with Gasteiger partial charge in [-0.05, 0) is 49.2 Å². The summed E-state index contributed by atoms with van der Waals surface area (Å²) < 4.78 is 50.6. The minimum atomic E-state index is -1.28. The Bertz CT molecular complexity index is 1480. The van der Waals surface area contributed by atoms with E-state index >= 15 is 4.39 Å². The fraction of sp³-hybridized carbons (Fsp3) is 0.192. The molecule has 2 heterocycles. The molecule has 5 rings (SSSR count). The van der Waals surface area contributed by atoms with Gasteiger partial charge < -0.3 is 19.5 Å². The van der Waals surface area contributed by atoms with Gasteiger partial charge in [0.25, 0.3) is 0 Å². The van der Waals surface area contributed by atoms with Crippen LogP contribution in [0, 0.1) is 17.5 Å². The van der Waals surface area contributed by atoms with Crippen molar-refractivity contribution in [3.05, 3.63) is 82.3 Å². The molecule has 4 aromatic rings. The number of phenolic OH excluding ortho intramolecular Hbond substituents is 1. The largest absolute Gasteiger partial charge is 0.507 e. The summed E-state index contributed by atoms with van der Waals surface area (Å²) in [5.74, 6) is -4.56. The first-order valence-electron chi connectivity index (χ1n) is 10.9. The van der Waals surface area contributed by atoms with Crippen LogP contribution >= 0.6 is 11.6 Å². The van der Waals surface area contributed by atoms with E-state index in [-0.39, 0.29) is 38.9 Å². The van der Waals surface area contributed by atoms with Crippen LogP contribution in [0.3, 0.4) is 0 Å². The van der Waals surface area contributed by atoms with Gasteiger partial charge in [0.15, 0.2) is 11.6 Å². The zero-order chi connectivity index (χ0) is 24.9. The smallest absolute Gasteiger partial charge is 0.335 e. The molecule has 5 nitrogen and oxygen atoms in total. The molecule has 1 aromatic heterocycles. The Hall–Kier alpha value is -3.49. The highest BCUT2D eigenvalue weighted by atomic mass is 35.5. The van der Waals surface area contributed by atoms with E-state index in [0.717, 1.165) is 18.2 Å². The van der Waals surface area contributed by atoms with Crippen LogP contribution in [0.4, 0.5) is 13.2 Å². The zero-order valence-electron chi connectivity index (χ0n) is 18.2. The molecule has 0 unspecified atom stereocenters. The summed E-state index contributed by atoms with van der Waals surface area (Å²) in [6.45, 7) is 0.882. The number of hydrogen-bond acceptors (Lipinski definition) is 3. The van der Waals surface area contributed by atoms with E-state index in [4.69, 9.17) is 16.3 Å². The van der Waals surface area contributed by atoms with Crippen LogP contribution in [0.25, 0.3) is 27.7 Å². The molecule has 1 aliphatic heterocycles. The number of nitrogens with zero attached hydrogens (tertiary/aromatic N) is 1. The molecule has 0 radical (unpaired) electrons. The average Bonchev–Trinajstić information content (AvgIpc) is 3.16. The molecule has 0 amide bonds. The molecule has 1 fully saturated rings. The van der Waals surface area contributed by atoms with Crippen molar-refractivity contribution in [2.75, 3.05) is 13.2 Å². The van der Waals surface area contributed by atoms with Crippen LogP contribution < -0.4 is 0 Å². The topological polar surface area (TPSA) is 71.7 Å². The van der Waals surface area contributed by atoms with Gasteiger partial charge in [-0.15, -0.1) is 0 Å². The number of ether oxygens (including phenoxy) is 1. The van der Waals surface area contributed by atoms with E-state index in [9.17, 15) is 23.8 Å². The number of carbonyl (C=O) groups is 1. The zero-order valence-corrected chi connectivity index (χ0v) is 19.0. The van der Waals surface area contributed by atoms with Gasteiger partial charge in [0.1, 0.15) is 11.6 Å². The van der Waals surface area contributed by atoms with Crippen molar-refractivity contribution >= 4 is 28.5 Å². The minimum absolute atomic E-state index is 0.0699. The highest BCUT2D eigenvalue weighted by molar-refractivity contribution is 6.31. The Morgan fingerprint density at radius 3 is 2.37 bits per heavy atom. The van der Waals surface area contributed by atoms with Gasteiger partial charge in [0.05, 0.1) is 16.5 Å². The van der Waals surface area contributed by atoms with E-state index in [1.165, 1.54) is 24.3 Å². The quantitative estimate of drug-likeness (QED) is 0.328. The SMILES string of the molecule is O=C(O)c1ccc(-c2c(C3CCOCC3)n(-c3ccc(F)c(F)c3)c3cc(Cl)cc(O)c23)c(F)c1. The molecule has 1 aliphatic rings. The third-order valence-corrected chi connectivity index (χ3v) is 6.52. The molecule has 2 N–H and O–H groups in total. The summed E-state index contributed by atoms with van der Waals surface area (Å²) in [4.78, 5) is 11.4. The number of fused-ring (bicyclic) bond motifs is 1. The summed E-state index contributed by atoms with van der Waals surface area (Å²) in [5, 5.41) is 20.7. The van der Waals surface area contributed by atoms with Crippen molar-refractivity contribution in [1.82, 2.24) is 4.57 Å². The van der Waals surface area contributed by atoms with Gasteiger partial charge in [0.2, 0.25) is 0 Å². The summed E-state index contributed by atoms with van der Waals surface area (Å²) in [7, 11) is 0. The lowest BCUT2D eigenvalue weighted by Crippen LogP contribution is -2.17. The van der Waals surface area contributed by atoms with Crippen molar-refractivity contribution < 1.29 is 32.9 Å². The van der Waals surface area contributed by atoms with Gasteiger partial charge in [-0.2, -0.15) is 0 Å². The first-order chi connectivity index (χ1) is 16.8. The molecule has 35 heavy (non-hydrogen) atoms. The Morgan fingerprint density at radius 2 is 1.71 bits per heavy atom. The van der Waals surface area contributed by atoms with Crippen molar-refractivity contribution in [2.24, 2.45) is 0 Å². The molecule has 180 valence electrons. The minimum Gasteiger partial charge on any atom is -0.507 e. The van der Waals surface area contributed by atoms with Crippen molar-refractivity contribution in [1.29, 1.82) is 0 Å². The summed E-state index contributed by atoms with van der Waals surface area (Å²) in [5.41, 5.74) is 1.38. The van der Waals surface area contributed by atoms with Gasteiger partial charge in [0, 0.05) is 52.7 Å². The average molecular weight is 502 g/mol. The van der Waals surface area contributed by atoms with E-state index < -0.39 is 23.4 Å². The maximum Gasteiger partial charge on any atom is 0.335 e. The highest BCUT2D eigenvalue weighted by Gasteiger charge is 2.31. The van der Waals surface area contributed by atoms with Crippen LogP contribution in [0.5, 0.6) is 5.75 Å².